The number of halogens is 2. The highest BCUT2D eigenvalue weighted by Crippen LogP contribution is 2.30. The summed E-state index contributed by atoms with van der Waals surface area (Å²) in [5.41, 5.74) is 6.22. The Morgan fingerprint density at radius 2 is 1.90 bits per heavy atom. The smallest absolute Gasteiger partial charge is 0.254 e. The van der Waals surface area contributed by atoms with Gasteiger partial charge >= 0.3 is 0 Å². The first kappa shape index (κ1) is 15.4. The number of sulfone groups is 1. The Hall–Kier alpha value is -0.980. The van der Waals surface area contributed by atoms with Crippen molar-refractivity contribution in [3.8, 4) is 0 Å². The molecule has 0 spiro atoms. The van der Waals surface area contributed by atoms with Gasteiger partial charge in [-0.1, -0.05) is 23.2 Å². The van der Waals surface area contributed by atoms with E-state index in [1.54, 1.807) is 0 Å². The minimum atomic E-state index is -3.06. The molecular weight excluding hydrogens is 323 g/mol. The van der Waals surface area contributed by atoms with E-state index in [9.17, 15) is 13.2 Å². The number of carbonyl (C=O) groups is 1. The van der Waals surface area contributed by atoms with Crippen molar-refractivity contribution in [3.63, 3.8) is 0 Å². The van der Waals surface area contributed by atoms with Gasteiger partial charge in [0.25, 0.3) is 5.91 Å². The summed E-state index contributed by atoms with van der Waals surface area (Å²) in [6.07, 6.45) is 0.435. The first-order chi connectivity index (χ1) is 9.30. The largest absolute Gasteiger partial charge is 0.397 e. The van der Waals surface area contributed by atoms with Gasteiger partial charge in [-0.3, -0.25) is 4.79 Å². The van der Waals surface area contributed by atoms with Gasteiger partial charge < -0.3 is 10.6 Å². The van der Waals surface area contributed by atoms with Crippen LogP contribution in [0.1, 0.15) is 16.8 Å². The molecule has 1 amide bonds. The van der Waals surface area contributed by atoms with Crippen LogP contribution in [0.15, 0.2) is 12.1 Å². The lowest BCUT2D eigenvalue weighted by atomic mass is 10.1. The summed E-state index contributed by atoms with van der Waals surface area (Å²) in [6, 6.07) is 2.90. The molecule has 2 rings (SSSR count). The third kappa shape index (κ3) is 3.37. The first-order valence-electron chi connectivity index (χ1n) is 6.04. The fourth-order valence-electron chi connectivity index (χ4n) is 2.06. The molecule has 0 saturated carbocycles. The molecule has 0 atom stereocenters. The van der Waals surface area contributed by atoms with Crippen molar-refractivity contribution >= 4 is 44.6 Å². The van der Waals surface area contributed by atoms with Crippen LogP contribution in [-0.4, -0.2) is 43.8 Å². The average Bonchev–Trinajstić information content (AvgIpc) is 2.55. The summed E-state index contributed by atoms with van der Waals surface area (Å²) < 4.78 is 23.1. The minimum Gasteiger partial charge on any atom is -0.397 e. The number of amides is 1. The lowest BCUT2D eigenvalue weighted by Gasteiger charge is -2.20. The Balaban J connectivity index is 2.23. The van der Waals surface area contributed by atoms with E-state index in [1.165, 1.54) is 17.0 Å². The lowest BCUT2D eigenvalue weighted by molar-refractivity contribution is 0.0768. The molecule has 2 N–H and O–H groups in total. The second-order valence-electron chi connectivity index (χ2n) is 4.66. The Labute approximate surface area is 127 Å². The number of hydrogen-bond donors (Lipinski definition) is 1. The molecular formula is C12H14Cl2N2O3S. The van der Waals surface area contributed by atoms with Crippen LogP contribution in [0.2, 0.25) is 10.0 Å². The molecule has 1 aliphatic heterocycles. The van der Waals surface area contributed by atoms with Gasteiger partial charge in [0.15, 0.2) is 9.84 Å². The summed E-state index contributed by atoms with van der Waals surface area (Å²) in [5, 5.41) is 0.416. The van der Waals surface area contributed by atoms with Crippen LogP contribution in [0.3, 0.4) is 0 Å². The van der Waals surface area contributed by atoms with E-state index in [2.05, 4.69) is 0 Å². The molecule has 0 unspecified atom stereocenters. The Kier molecular flexibility index (Phi) is 4.46. The van der Waals surface area contributed by atoms with E-state index < -0.39 is 9.84 Å². The van der Waals surface area contributed by atoms with Crippen LogP contribution in [0.25, 0.3) is 0 Å². The SMILES string of the molecule is Nc1cc(C(=O)N2CCCS(=O)(=O)CC2)cc(Cl)c1Cl. The van der Waals surface area contributed by atoms with Crippen molar-refractivity contribution < 1.29 is 13.2 Å². The topological polar surface area (TPSA) is 80.5 Å². The molecule has 1 aromatic carbocycles. The second-order valence-corrected chi connectivity index (χ2v) is 7.75. The quantitative estimate of drug-likeness (QED) is 0.793. The average molecular weight is 337 g/mol. The van der Waals surface area contributed by atoms with Gasteiger partial charge in [0.1, 0.15) is 0 Å². The van der Waals surface area contributed by atoms with Gasteiger partial charge in [0, 0.05) is 18.7 Å². The van der Waals surface area contributed by atoms with Crippen LogP contribution in [0, 0.1) is 0 Å². The number of anilines is 1. The standard InChI is InChI=1S/C12H14Cl2N2O3S/c13-9-6-8(7-10(15)11(9)14)12(17)16-2-1-4-20(18,19)5-3-16/h6-7H,1-5,15H2. The number of rotatable bonds is 1. The number of benzene rings is 1. The molecule has 5 nitrogen and oxygen atoms in total. The summed E-state index contributed by atoms with van der Waals surface area (Å²) >= 11 is 11.7. The molecule has 1 fully saturated rings. The predicted octanol–water partition coefficient (Wildman–Crippen LogP) is 1.84. The molecule has 0 aromatic heterocycles. The maximum atomic E-state index is 12.4. The number of nitrogens with zero attached hydrogens (tertiary/aromatic N) is 1. The van der Waals surface area contributed by atoms with E-state index in [0.29, 0.717) is 18.5 Å². The Morgan fingerprint density at radius 1 is 1.20 bits per heavy atom. The molecule has 0 radical (unpaired) electrons. The number of nitrogen functional groups attached to an aromatic ring is 1. The lowest BCUT2D eigenvalue weighted by Crippen LogP contribution is -2.33. The van der Waals surface area contributed by atoms with Crippen molar-refractivity contribution in [3.05, 3.63) is 27.7 Å². The third-order valence-electron chi connectivity index (χ3n) is 3.15. The van der Waals surface area contributed by atoms with Gasteiger partial charge in [-0.15, -0.1) is 0 Å². The molecule has 1 aromatic rings. The van der Waals surface area contributed by atoms with E-state index in [-0.39, 0.29) is 39.7 Å². The zero-order valence-electron chi connectivity index (χ0n) is 10.6. The minimum absolute atomic E-state index is 0.0183. The van der Waals surface area contributed by atoms with Crippen molar-refractivity contribution in [1.29, 1.82) is 0 Å². The highest BCUT2D eigenvalue weighted by molar-refractivity contribution is 7.91. The molecule has 1 aliphatic rings. The van der Waals surface area contributed by atoms with Crippen molar-refractivity contribution in [2.24, 2.45) is 0 Å². The molecule has 0 aliphatic carbocycles. The van der Waals surface area contributed by atoms with Crippen LogP contribution >= 0.6 is 23.2 Å². The van der Waals surface area contributed by atoms with Gasteiger partial charge in [-0.05, 0) is 18.6 Å². The highest BCUT2D eigenvalue weighted by atomic mass is 35.5. The monoisotopic (exact) mass is 336 g/mol. The van der Waals surface area contributed by atoms with E-state index in [0.717, 1.165) is 0 Å². The van der Waals surface area contributed by atoms with Gasteiger partial charge in [-0.2, -0.15) is 0 Å². The van der Waals surface area contributed by atoms with Crippen LogP contribution in [0.4, 0.5) is 5.69 Å². The zero-order chi connectivity index (χ0) is 14.9. The summed E-state index contributed by atoms with van der Waals surface area (Å²) in [6.45, 7) is 0.583. The zero-order valence-corrected chi connectivity index (χ0v) is 12.9. The number of carbonyl (C=O) groups excluding carboxylic acids is 1. The van der Waals surface area contributed by atoms with Gasteiger partial charge in [-0.25, -0.2) is 8.42 Å². The molecule has 110 valence electrons. The third-order valence-corrected chi connectivity index (χ3v) is 5.68. The Morgan fingerprint density at radius 3 is 2.55 bits per heavy atom. The maximum absolute atomic E-state index is 12.4. The van der Waals surface area contributed by atoms with Crippen LogP contribution < -0.4 is 5.73 Å². The summed E-state index contributed by atoms with van der Waals surface area (Å²) in [4.78, 5) is 13.9. The van der Waals surface area contributed by atoms with Crippen molar-refractivity contribution in [1.82, 2.24) is 4.90 Å². The maximum Gasteiger partial charge on any atom is 0.254 e. The van der Waals surface area contributed by atoms with Crippen LogP contribution in [-0.2, 0) is 9.84 Å². The normalized spacial score (nSPS) is 18.6. The second kappa shape index (κ2) is 5.79. The number of hydrogen-bond acceptors (Lipinski definition) is 4. The number of nitrogens with two attached hydrogens (primary N) is 1. The van der Waals surface area contributed by atoms with E-state index >= 15 is 0 Å². The molecule has 8 heteroatoms. The van der Waals surface area contributed by atoms with Gasteiger partial charge in [0.2, 0.25) is 0 Å². The molecule has 1 heterocycles. The van der Waals surface area contributed by atoms with E-state index in [4.69, 9.17) is 28.9 Å². The van der Waals surface area contributed by atoms with Crippen LogP contribution in [0.5, 0.6) is 0 Å². The fraction of sp³-hybridized carbons (Fsp3) is 0.417. The predicted molar refractivity (Wildman–Crippen MR) is 80.0 cm³/mol. The molecule has 20 heavy (non-hydrogen) atoms. The Bertz CT molecular complexity index is 623. The molecule has 1 saturated heterocycles. The molecule has 0 bridgehead atoms. The van der Waals surface area contributed by atoms with E-state index in [1.807, 2.05) is 0 Å². The van der Waals surface area contributed by atoms with Crippen molar-refractivity contribution in [2.45, 2.75) is 6.42 Å². The summed E-state index contributed by atoms with van der Waals surface area (Å²) in [7, 11) is -3.06. The van der Waals surface area contributed by atoms with Gasteiger partial charge in [0.05, 0.1) is 27.2 Å². The van der Waals surface area contributed by atoms with Crippen molar-refractivity contribution in [2.75, 3.05) is 30.3 Å². The highest BCUT2D eigenvalue weighted by Gasteiger charge is 2.24. The fourth-order valence-corrected chi connectivity index (χ4v) is 3.67. The first-order valence-corrected chi connectivity index (χ1v) is 8.62. The summed E-state index contributed by atoms with van der Waals surface area (Å²) in [5.74, 6) is -0.192.